The van der Waals surface area contributed by atoms with E-state index in [0.29, 0.717) is 19.1 Å². The van der Waals surface area contributed by atoms with E-state index in [1.54, 1.807) is 4.68 Å². The van der Waals surface area contributed by atoms with Gasteiger partial charge in [0.1, 0.15) is 0 Å². The topological polar surface area (TPSA) is 39.1 Å². The van der Waals surface area contributed by atoms with Crippen molar-refractivity contribution in [2.45, 2.75) is 33.7 Å². The van der Waals surface area contributed by atoms with Gasteiger partial charge in [-0.1, -0.05) is 32.4 Å². The van der Waals surface area contributed by atoms with Crippen LogP contribution < -0.4 is 5.48 Å². The van der Waals surface area contributed by atoms with Gasteiger partial charge in [0, 0.05) is 7.05 Å². The Kier molecular flexibility index (Phi) is 5.25. The first-order valence-corrected chi connectivity index (χ1v) is 5.98. The maximum Gasteiger partial charge on any atom is 0.0863 e. The lowest BCUT2D eigenvalue weighted by Gasteiger charge is -2.08. The summed E-state index contributed by atoms with van der Waals surface area (Å²) in [7, 11) is 1.89. The Morgan fingerprint density at radius 1 is 1.50 bits per heavy atom. The summed E-state index contributed by atoms with van der Waals surface area (Å²) in [6, 6.07) is 0. The second kappa shape index (κ2) is 6.23. The van der Waals surface area contributed by atoms with Crippen LogP contribution in [0.15, 0.2) is 0 Å². The Labute approximate surface area is 102 Å². The van der Waals surface area contributed by atoms with Gasteiger partial charge in [0.2, 0.25) is 0 Å². The lowest BCUT2D eigenvalue weighted by atomic mass is 10.2. The molecule has 0 aliphatic heterocycles. The zero-order valence-corrected chi connectivity index (χ0v) is 11.1. The highest BCUT2D eigenvalue weighted by Crippen LogP contribution is 2.20. The molecule has 1 aromatic rings. The number of hydroxylamine groups is 1. The van der Waals surface area contributed by atoms with Gasteiger partial charge in [-0.05, 0) is 12.3 Å². The van der Waals surface area contributed by atoms with E-state index >= 15 is 0 Å². The predicted molar refractivity (Wildman–Crippen MR) is 65.2 cm³/mol. The predicted octanol–water partition coefficient (Wildman–Crippen LogP) is 2.31. The first kappa shape index (κ1) is 13.5. The average molecular weight is 246 g/mol. The number of nitrogens with one attached hydrogen (secondary N) is 1. The van der Waals surface area contributed by atoms with Gasteiger partial charge in [-0.3, -0.25) is 4.68 Å². The summed E-state index contributed by atoms with van der Waals surface area (Å²) < 4.78 is 1.80. The third-order valence-electron chi connectivity index (χ3n) is 2.26. The third-order valence-corrected chi connectivity index (χ3v) is 2.70. The Bertz CT molecular complexity index is 336. The molecule has 1 heterocycles. The van der Waals surface area contributed by atoms with Gasteiger partial charge in [-0.25, -0.2) is 0 Å². The summed E-state index contributed by atoms with van der Waals surface area (Å²) in [6.45, 7) is 7.52. The normalized spacial score (nSPS) is 11.4. The quantitative estimate of drug-likeness (QED) is 0.618. The molecule has 1 aromatic heterocycles. The number of aromatic nitrogens is 2. The van der Waals surface area contributed by atoms with Crippen LogP contribution in [0.1, 0.15) is 32.2 Å². The summed E-state index contributed by atoms with van der Waals surface area (Å²) in [4.78, 5) is 5.30. The van der Waals surface area contributed by atoms with E-state index in [0.717, 1.165) is 22.8 Å². The summed E-state index contributed by atoms with van der Waals surface area (Å²) in [5.41, 5.74) is 4.80. The van der Waals surface area contributed by atoms with Gasteiger partial charge in [-0.2, -0.15) is 10.6 Å². The highest BCUT2D eigenvalue weighted by atomic mass is 35.5. The molecule has 0 aliphatic carbocycles. The number of halogens is 1. The maximum absolute atomic E-state index is 6.19. The van der Waals surface area contributed by atoms with Crippen molar-refractivity contribution < 1.29 is 4.84 Å². The molecule has 0 bridgehead atoms. The van der Waals surface area contributed by atoms with Crippen LogP contribution in [0, 0.1) is 5.92 Å². The van der Waals surface area contributed by atoms with E-state index in [4.69, 9.17) is 16.4 Å². The van der Waals surface area contributed by atoms with Crippen molar-refractivity contribution >= 4 is 11.6 Å². The largest absolute Gasteiger partial charge is 0.301 e. The van der Waals surface area contributed by atoms with Crippen LogP contribution in [0.5, 0.6) is 0 Å². The molecule has 1 rings (SSSR count). The zero-order valence-electron chi connectivity index (χ0n) is 10.4. The van der Waals surface area contributed by atoms with Gasteiger partial charge in [0.25, 0.3) is 0 Å². The standard InChI is InChI=1S/C11H20ClN3O/c1-5-9-11(12)10(15(4)14-9)6-13-16-7-8(2)3/h8,13H,5-7H2,1-4H3. The smallest absolute Gasteiger partial charge is 0.0863 e. The van der Waals surface area contributed by atoms with Gasteiger partial charge < -0.3 is 4.84 Å². The molecule has 0 fully saturated rings. The van der Waals surface area contributed by atoms with Crippen LogP contribution >= 0.6 is 11.6 Å². The second-order valence-electron chi connectivity index (χ2n) is 4.21. The SMILES string of the molecule is CCc1nn(C)c(CNOCC(C)C)c1Cl. The molecule has 0 aliphatic rings. The monoisotopic (exact) mass is 245 g/mol. The molecule has 0 unspecified atom stereocenters. The van der Waals surface area contributed by atoms with Gasteiger partial charge >= 0.3 is 0 Å². The van der Waals surface area contributed by atoms with Crippen molar-refractivity contribution in [1.29, 1.82) is 0 Å². The number of hydrogen-bond donors (Lipinski definition) is 1. The molecule has 16 heavy (non-hydrogen) atoms. The molecule has 4 nitrogen and oxygen atoms in total. The van der Waals surface area contributed by atoms with Crippen LogP contribution in [-0.4, -0.2) is 16.4 Å². The molecule has 0 radical (unpaired) electrons. The van der Waals surface area contributed by atoms with Crippen molar-refractivity contribution in [2.75, 3.05) is 6.61 Å². The molecular formula is C11H20ClN3O. The van der Waals surface area contributed by atoms with Gasteiger partial charge in [0.15, 0.2) is 0 Å². The fourth-order valence-electron chi connectivity index (χ4n) is 1.36. The number of nitrogens with zero attached hydrogens (tertiary/aromatic N) is 2. The summed E-state index contributed by atoms with van der Waals surface area (Å²) in [6.07, 6.45) is 0.847. The van der Waals surface area contributed by atoms with Crippen LogP contribution in [0.4, 0.5) is 0 Å². The minimum Gasteiger partial charge on any atom is -0.301 e. The van der Waals surface area contributed by atoms with Crippen LogP contribution in [0.25, 0.3) is 0 Å². The number of aryl methyl sites for hydroxylation is 2. The fraction of sp³-hybridized carbons (Fsp3) is 0.727. The Morgan fingerprint density at radius 2 is 2.19 bits per heavy atom. The first-order chi connectivity index (χ1) is 7.56. The molecule has 1 N–H and O–H groups in total. The fourth-order valence-corrected chi connectivity index (χ4v) is 1.72. The van der Waals surface area contributed by atoms with Crippen LogP contribution in [0.2, 0.25) is 5.02 Å². The van der Waals surface area contributed by atoms with Crippen molar-refractivity contribution in [3.8, 4) is 0 Å². The lowest BCUT2D eigenvalue weighted by Crippen LogP contribution is -2.19. The molecule has 92 valence electrons. The molecule has 0 spiro atoms. The Balaban J connectivity index is 2.50. The molecule has 0 atom stereocenters. The van der Waals surface area contributed by atoms with E-state index < -0.39 is 0 Å². The second-order valence-corrected chi connectivity index (χ2v) is 4.59. The molecule has 5 heteroatoms. The highest BCUT2D eigenvalue weighted by Gasteiger charge is 2.12. The number of hydrogen-bond acceptors (Lipinski definition) is 3. The average Bonchev–Trinajstić information content (AvgIpc) is 2.50. The minimum atomic E-state index is 0.515. The van der Waals surface area contributed by atoms with E-state index in [1.165, 1.54) is 0 Å². The third kappa shape index (κ3) is 3.47. The highest BCUT2D eigenvalue weighted by molar-refractivity contribution is 6.31. The van der Waals surface area contributed by atoms with Crippen molar-refractivity contribution in [3.05, 3.63) is 16.4 Å². The van der Waals surface area contributed by atoms with E-state index in [-0.39, 0.29) is 0 Å². The zero-order chi connectivity index (χ0) is 12.1. The maximum atomic E-state index is 6.19. The van der Waals surface area contributed by atoms with E-state index in [1.807, 2.05) is 14.0 Å². The van der Waals surface area contributed by atoms with E-state index in [2.05, 4.69) is 24.4 Å². The molecule has 0 aromatic carbocycles. The Morgan fingerprint density at radius 3 is 2.69 bits per heavy atom. The minimum absolute atomic E-state index is 0.515. The van der Waals surface area contributed by atoms with Crippen LogP contribution in [-0.2, 0) is 24.9 Å². The molecule has 0 saturated heterocycles. The summed E-state index contributed by atoms with van der Waals surface area (Å²) in [5.74, 6) is 0.515. The first-order valence-electron chi connectivity index (χ1n) is 5.61. The Hall–Kier alpha value is -0.580. The van der Waals surface area contributed by atoms with Crippen LogP contribution in [0.3, 0.4) is 0 Å². The van der Waals surface area contributed by atoms with E-state index in [9.17, 15) is 0 Å². The number of rotatable bonds is 6. The van der Waals surface area contributed by atoms with Crippen molar-refractivity contribution in [1.82, 2.24) is 15.3 Å². The summed E-state index contributed by atoms with van der Waals surface area (Å²) in [5, 5.41) is 5.07. The van der Waals surface area contributed by atoms with Gasteiger partial charge in [-0.15, -0.1) is 0 Å². The van der Waals surface area contributed by atoms with Gasteiger partial charge in [0.05, 0.1) is 29.6 Å². The molecule has 0 amide bonds. The molecular weight excluding hydrogens is 226 g/mol. The molecule has 0 saturated carbocycles. The van der Waals surface area contributed by atoms with Crippen molar-refractivity contribution in [2.24, 2.45) is 13.0 Å². The summed E-state index contributed by atoms with van der Waals surface area (Å²) >= 11 is 6.19. The lowest BCUT2D eigenvalue weighted by molar-refractivity contribution is 0.0185. The van der Waals surface area contributed by atoms with Crippen molar-refractivity contribution in [3.63, 3.8) is 0 Å².